The van der Waals surface area contributed by atoms with Gasteiger partial charge in [0.25, 0.3) is 5.91 Å². The molecule has 1 heterocycles. The van der Waals surface area contributed by atoms with Crippen LogP contribution in [-0.4, -0.2) is 17.4 Å². The third kappa shape index (κ3) is 3.56. The molecule has 0 radical (unpaired) electrons. The molecule has 0 spiro atoms. The molecule has 0 bridgehead atoms. The second-order valence-corrected chi connectivity index (χ2v) is 4.82. The lowest BCUT2D eigenvalue weighted by molar-refractivity contribution is 0.102. The topological polar surface area (TPSA) is 54.0 Å². The molecule has 0 saturated heterocycles. The Labute approximate surface area is 123 Å². The Balaban J connectivity index is 2.30. The van der Waals surface area contributed by atoms with Crippen LogP contribution < -0.4 is 10.6 Å². The highest BCUT2D eigenvalue weighted by Gasteiger charge is 2.15. The number of nitrogens with one attached hydrogen (secondary N) is 2. The number of rotatable bonds is 4. The predicted octanol–water partition coefficient (Wildman–Crippen LogP) is 3.52. The van der Waals surface area contributed by atoms with E-state index >= 15 is 0 Å². The fourth-order valence-corrected chi connectivity index (χ4v) is 2.16. The van der Waals surface area contributed by atoms with Gasteiger partial charge < -0.3 is 10.6 Å². The van der Waals surface area contributed by atoms with Crippen LogP contribution in [-0.2, 0) is 0 Å². The van der Waals surface area contributed by atoms with E-state index in [4.69, 9.17) is 0 Å². The number of para-hydroxylation sites is 1. The molecule has 110 valence electrons. The number of hydrogen-bond acceptors (Lipinski definition) is 3. The second-order valence-electron chi connectivity index (χ2n) is 4.82. The number of anilines is 2. The van der Waals surface area contributed by atoms with E-state index in [1.165, 1.54) is 12.1 Å². The van der Waals surface area contributed by atoms with E-state index in [0.29, 0.717) is 12.4 Å². The third-order valence-electron chi connectivity index (χ3n) is 2.95. The third-order valence-corrected chi connectivity index (χ3v) is 2.95. The molecule has 0 aliphatic carbocycles. The largest absolute Gasteiger partial charge is 0.382 e. The second kappa shape index (κ2) is 6.35. The number of aryl methyl sites for hydroxylation is 2. The molecule has 1 aromatic carbocycles. The van der Waals surface area contributed by atoms with Crippen LogP contribution in [0.2, 0.25) is 0 Å². The SMILES string of the molecule is CCNc1c(F)cccc1C(=O)Nc1cc(C)cc(C)n1. The van der Waals surface area contributed by atoms with Crippen LogP contribution in [0.5, 0.6) is 0 Å². The lowest BCUT2D eigenvalue weighted by Crippen LogP contribution is -2.16. The van der Waals surface area contributed by atoms with E-state index in [0.717, 1.165) is 11.3 Å². The van der Waals surface area contributed by atoms with E-state index < -0.39 is 5.82 Å². The van der Waals surface area contributed by atoms with Crippen molar-refractivity contribution in [2.45, 2.75) is 20.8 Å². The first kappa shape index (κ1) is 15.0. The highest BCUT2D eigenvalue weighted by molar-refractivity contribution is 6.07. The van der Waals surface area contributed by atoms with Gasteiger partial charge in [-0.2, -0.15) is 0 Å². The molecular weight excluding hydrogens is 269 g/mol. The molecule has 1 amide bonds. The Morgan fingerprint density at radius 1 is 1.29 bits per heavy atom. The van der Waals surface area contributed by atoms with Gasteiger partial charge in [0, 0.05) is 12.2 Å². The maximum Gasteiger partial charge on any atom is 0.259 e. The van der Waals surface area contributed by atoms with E-state index in [9.17, 15) is 9.18 Å². The van der Waals surface area contributed by atoms with Crippen molar-refractivity contribution in [1.29, 1.82) is 0 Å². The zero-order chi connectivity index (χ0) is 15.4. The summed E-state index contributed by atoms with van der Waals surface area (Å²) in [5.41, 5.74) is 2.29. The molecule has 2 aromatic rings. The minimum Gasteiger partial charge on any atom is -0.382 e. The van der Waals surface area contributed by atoms with Gasteiger partial charge in [0.05, 0.1) is 11.3 Å². The molecule has 21 heavy (non-hydrogen) atoms. The Kier molecular flexibility index (Phi) is 4.52. The molecule has 5 heteroatoms. The summed E-state index contributed by atoms with van der Waals surface area (Å²) in [6, 6.07) is 8.11. The van der Waals surface area contributed by atoms with Gasteiger partial charge >= 0.3 is 0 Å². The zero-order valence-electron chi connectivity index (χ0n) is 12.3. The number of amides is 1. The van der Waals surface area contributed by atoms with Crippen molar-refractivity contribution in [1.82, 2.24) is 4.98 Å². The van der Waals surface area contributed by atoms with Crippen LogP contribution in [0.4, 0.5) is 15.9 Å². The van der Waals surface area contributed by atoms with Gasteiger partial charge in [0.15, 0.2) is 0 Å². The van der Waals surface area contributed by atoms with Gasteiger partial charge in [0.2, 0.25) is 0 Å². The van der Waals surface area contributed by atoms with E-state index in [-0.39, 0.29) is 17.2 Å². The molecule has 0 aliphatic rings. The lowest BCUT2D eigenvalue weighted by atomic mass is 10.1. The maximum absolute atomic E-state index is 13.8. The normalized spacial score (nSPS) is 10.3. The lowest BCUT2D eigenvalue weighted by Gasteiger charge is -2.12. The summed E-state index contributed by atoms with van der Waals surface area (Å²) in [7, 11) is 0. The first-order valence-electron chi connectivity index (χ1n) is 6.80. The van der Waals surface area contributed by atoms with E-state index in [1.807, 2.05) is 26.8 Å². The number of pyridine rings is 1. The Morgan fingerprint density at radius 3 is 2.71 bits per heavy atom. The molecule has 2 N–H and O–H groups in total. The molecule has 0 unspecified atom stereocenters. The molecule has 0 aliphatic heterocycles. The molecular formula is C16H18FN3O. The van der Waals surface area contributed by atoms with Crippen LogP contribution in [0.25, 0.3) is 0 Å². The number of carbonyl (C=O) groups excluding carboxylic acids is 1. The molecule has 0 saturated carbocycles. The van der Waals surface area contributed by atoms with Gasteiger partial charge in [-0.3, -0.25) is 4.79 Å². The quantitative estimate of drug-likeness (QED) is 0.904. The molecule has 1 aromatic heterocycles. The average molecular weight is 287 g/mol. The van der Waals surface area contributed by atoms with E-state index in [2.05, 4.69) is 15.6 Å². The zero-order valence-corrected chi connectivity index (χ0v) is 12.3. The van der Waals surface area contributed by atoms with Gasteiger partial charge in [-0.25, -0.2) is 9.37 Å². The summed E-state index contributed by atoms with van der Waals surface area (Å²) in [4.78, 5) is 16.6. The van der Waals surface area contributed by atoms with Crippen LogP contribution in [0, 0.1) is 19.7 Å². The molecule has 4 nitrogen and oxygen atoms in total. The first-order chi connectivity index (χ1) is 10.0. The summed E-state index contributed by atoms with van der Waals surface area (Å²) in [5, 5.41) is 5.59. The monoisotopic (exact) mass is 287 g/mol. The Hall–Kier alpha value is -2.43. The minimum absolute atomic E-state index is 0.210. The van der Waals surface area contributed by atoms with Gasteiger partial charge in [-0.1, -0.05) is 6.07 Å². The summed E-state index contributed by atoms with van der Waals surface area (Å²) in [6.45, 7) is 6.16. The summed E-state index contributed by atoms with van der Waals surface area (Å²) >= 11 is 0. The number of carbonyl (C=O) groups is 1. The van der Waals surface area contributed by atoms with Gasteiger partial charge in [0.1, 0.15) is 11.6 Å². The van der Waals surface area contributed by atoms with Crippen LogP contribution in [0.15, 0.2) is 30.3 Å². The van der Waals surface area contributed by atoms with Crippen LogP contribution in [0.3, 0.4) is 0 Å². The number of hydrogen-bond donors (Lipinski definition) is 2. The predicted molar refractivity (Wildman–Crippen MR) is 82.2 cm³/mol. The Bertz CT molecular complexity index is 650. The molecule has 2 rings (SSSR count). The van der Waals surface area contributed by atoms with Gasteiger partial charge in [-0.05, 0) is 50.6 Å². The number of nitrogens with zero attached hydrogens (tertiary/aromatic N) is 1. The average Bonchev–Trinajstić information content (AvgIpc) is 2.40. The highest BCUT2D eigenvalue weighted by Crippen LogP contribution is 2.21. The van der Waals surface area contributed by atoms with E-state index in [1.54, 1.807) is 12.1 Å². The number of halogens is 1. The number of benzene rings is 1. The molecule has 0 atom stereocenters. The smallest absolute Gasteiger partial charge is 0.259 e. The minimum atomic E-state index is -0.446. The van der Waals surface area contributed by atoms with Crippen molar-refractivity contribution in [3.8, 4) is 0 Å². The first-order valence-corrected chi connectivity index (χ1v) is 6.80. The molecule has 0 fully saturated rings. The fraction of sp³-hybridized carbons (Fsp3) is 0.250. The number of aromatic nitrogens is 1. The highest BCUT2D eigenvalue weighted by atomic mass is 19.1. The summed E-state index contributed by atoms with van der Waals surface area (Å²) < 4.78 is 13.8. The Morgan fingerprint density at radius 2 is 2.05 bits per heavy atom. The fourth-order valence-electron chi connectivity index (χ4n) is 2.16. The maximum atomic E-state index is 13.8. The van der Waals surface area contributed by atoms with Crippen molar-refractivity contribution in [2.24, 2.45) is 0 Å². The van der Waals surface area contributed by atoms with Crippen molar-refractivity contribution < 1.29 is 9.18 Å². The summed E-state index contributed by atoms with van der Waals surface area (Å²) in [5.74, 6) is -0.370. The van der Waals surface area contributed by atoms with Crippen molar-refractivity contribution >= 4 is 17.4 Å². The van der Waals surface area contributed by atoms with Crippen molar-refractivity contribution in [3.63, 3.8) is 0 Å². The van der Waals surface area contributed by atoms with Crippen molar-refractivity contribution in [3.05, 3.63) is 53.0 Å². The van der Waals surface area contributed by atoms with Gasteiger partial charge in [-0.15, -0.1) is 0 Å². The summed E-state index contributed by atoms with van der Waals surface area (Å²) in [6.07, 6.45) is 0. The van der Waals surface area contributed by atoms with Crippen LogP contribution in [0.1, 0.15) is 28.5 Å². The van der Waals surface area contributed by atoms with Crippen LogP contribution >= 0.6 is 0 Å². The van der Waals surface area contributed by atoms with Crippen molar-refractivity contribution in [2.75, 3.05) is 17.2 Å². The standard InChI is InChI=1S/C16H18FN3O/c1-4-18-15-12(6-5-7-13(15)17)16(21)20-14-9-10(2)8-11(3)19-14/h5-9,18H,4H2,1-3H3,(H,19,20,21).